The van der Waals surface area contributed by atoms with Gasteiger partial charge in [0.05, 0.1) is 23.2 Å². The molecule has 1 unspecified atom stereocenters. The van der Waals surface area contributed by atoms with Crippen molar-refractivity contribution in [2.75, 3.05) is 0 Å². The number of nitrogens with zero attached hydrogens (tertiary/aromatic N) is 4. The topological polar surface area (TPSA) is 63.8 Å². The molecule has 0 aliphatic rings. The Labute approximate surface area is 119 Å². The van der Waals surface area contributed by atoms with Gasteiger partial charge in [-0.15, -0.1) is 0 Å². The van der Waals surface area contributed by atoms with Crippen LogP contribution in [-0.2, 0) is 12.8 Å². The van der Waals surface area contributed by atoms with Crippen LogP contribution < -0.4 is 0 Å². The fraction of sp³-hybridized carbons (Fsp3) is 0.533. The van der Waals surface area contributed by atoms with Crippen molar-refractivity contribution in [1.82, 2.24) is 20.0 Å². The van der Waals surface area contributed by atoms with Gasteiger partial charge in [-0.3, -0.25) is 4.68 Å². The lowest BCUT2D eigenvalue weighted by atomic mass is 10.0. The molecule has 2 heterocycles. The summed E-state index contributed by atoms with van der Waals surface area (Å²) in [5.74, 6) is 0. The highest BCUT2D eigenvalue weighted by molar-refractivity contribution is 5.24. The molecule has 0 aliphatic heterocycles. The van der Waals surface area contributed by atoms with Gasteiger partial charge in [-0.2, -0.15) is 15.3 Å². The first-order valence-electron chi connectivity index (χ1n) is 7.06. The Morgan fingerprint density at radius 3 is 2.65 bits per heavy atom. The van der Waals surface area contributed by atoms with E-state index in [0.717, 1.165) is 29.1 Å². The molecule has 0 saturated carbocycles. The average Bonchev–Trinajstić information content (AvgIpc) is 2.87. The van der Waals surface area contributed by atoms with Crippen LogP contribution in [0.15, 0.2) is 18.3 Å². The van der Waals surface area contributed by atoms with Crippen LogP contribution in [0.4, 0.5) is 0 Å². The van der Waals surface area contributed by atoms with E-state index in [1.165, 1.54) is 0 Å². The Hall–Kier alpha value is -1.75. The van der Waals surface area contributed by atoms with Crippen LogP contribution in [0.1, 0.15) is 55.6 Å². The third kappa shape index (κ3) is 3.22. The van der Waals surface area contributed by atoms with Gasteiger partial charge in [-0.05, 0) is 39.3 Å². The molecule has 0 aliphatic carbocycles. The first-order valence-corrected chi connectivity index (χ1v) is 7.06. The number of aliphatic hydroxyl groups is 1. The van der Waals surface area contributed by atoms with E-state index in [9.17, 15) is 5.11 Å². The molecule has 0 radical (unpaired) electrons. The summed E-state index contributed by atoms with van der Waals surface area (Å²) in [5.41, 5.74) is 3.43. The molecule has 0 aromatic carbocycles. The van der Waals surface area contributed by atoms with Crippen LogP contribution >= 0.6 is 0 Å². The Balaban J connectivity index is 2.18. The summed E-state index contributed by atoms with van der Waals surface area (Å²) in [7, 11) is 0. The van der Waals surface area contributed by atoms with Crippen LogP contribution in [0, 0.1) is 6.92 Å². The summed E-state index contributed by atoms with van der Waals surface area (Å²) in [6.45, 7) is 8.07. The Morgan fingerprint density at radius 2 is 2.05 bits per heavy atom. The largest absolute Gasteiger partial charge is 0.388 e. The molecule has 20 heavy (non-hydrogen) atoms. The molecule has 0 saturated heterocycles. The lowest BCUT2D eigenvalue weighted by molar-refractivity contribution is 0.175. The number of rotatable bonds is 5. The van der Waals surface area contributed by atoms with Crippen molar-refractivity contribution < 1.29 is 5.11 Å². The quantitative estimate of drug-likeness (QED) is 0.909. The second-order valence-corrected chi connectivity index (χ2v) is 5.34. The molecule has 1 N–H and O–H groups in total. The van der Waals surface area contributed by atoms with Crippen LogP contribution in [-0.4, -0.2) is 25.1 Å². The minimum absolute atomic E-state index is 0.330. The maximum Gasteiger partial charge on any atom is 0.0865 e. The summed E-state index contributed by atoms with van der Waals surface area (Å²) in [6.07, 6.45) is 2.62. The third-order valence-corrected chi connectivity index (χ3v) is 3.32. The summed E-state index contributed by atoms with van der Waals surface area (Å²) >= 11 is 0. The molecule has 0 bridgehead atoms. The van der Waals surface area contributed by atoms with Crippen molar-refractivity contribution in [2.24, 2.45) is 0 Å². The maximum absolute atomic E-state index is 10.4. The fourth-order valence-corrected chi connectivity index (χ4v) is 2.18. The highest BCUT2D eigenvalue weighted by Gasteiger charge is 2.16. The summed E-state index contributed by atoms with van der Waals surface area (Å²) in [5, 5.41) is 23.1. The van der Waals surface area contributed by atoms with Crippen molar-refractivity contribution in [3.05, 3.63) is 41.0 Å². The molecular formula is C15H22N4O. The normalized spacial score (nSPS) is 12.9. The molecule has 0 fully saturated rings. The Bertz CT molecular complexity index is 577. The van der Waals surface area contributed by atoms with Crippen molar-refractivity contribution >= 4 is 0 Å². The number of hydrogen-bond acceptors (Lipinski definition) is 4. The molecular weight excluding hydrogens is 252 g/mol. The lowest BCUT2D eigenvalue weighted by Gasteiger charge is -2.13. The van der Waals surface area contributed by atoms with Gasteiger partial charge in [0.25, 0.3) is 0 Å². The maximum atomic E-state index is 10.4. The minimum Gasteiger partial charge on any atom is -0.388 e. The monoisotopic (exact) mass is 274 g/mol. The molecule has 2 aromatic heterocycles. The fourth-order valence-electron chi connectivity index (χ4n) is 2.18. The van der Waals surface area contributed by atoms with Crippen LogP contribution in [0.25, 0.3) is 0 Å². The Kier molecular flexibility index (Phi) is 4.49. The number of aliphatic hydroxyl groups excluding tert-OH is 1. The van der Waals surface area contributed by atoms with Gasteiger partial charge in [0, 0.05) is 24.2 Å². The zero-order valence-electron chi connectivity index (χ0n) is 12.5. The molecule has 0 amide bonds. The third-order valence-electron chi connectivity index (χ3n) is 3.32. The van der Waals surface area contributed by atoms with Crippen molar-refractivity contribution in [2.45, 2.75) is 52.7 Å². The van der Waals surface area contributed by atoms with E-state index in [1.54, 1.807) is 0 Å². The predicted octanol–water partition coefficient (Wildman–Crippen LogP) is 2.40. The Morgan fingerprint density at radius 1 is 1.30 bits per heavy atom. The predicted molar refractivity (Wildman–Crippen MR) is 77.4 cm³/mol. The highest BCUT2D eigenvalue weighted by Crippen LogP contribution is 2.21. The van der Waals surface area contributed by atoms with Gasteiger partial charge in [-0.25, -0.2) is 0 Å². The SMILES string of the molecule is CCc1nnc(C)cc1C(O)Cc1ccn(C(C)C)n1. The van der Waals surface area contributed by atoms with E-state index >= 15 is 0 Å². The molecule has 0 spiro atoms. The van der Waals surface area contributed by atoms with E-state index in [-0.39, 0.29) is 0 Å². The number of aryl methyl sites for hydroxylation is 2. The second kappa shape index (κ2) is 6.13. The molecule has 5 heteroatoms. The molecule has 2 rings (SSSR count). The standard InChI is InChI=1S/C15H22N4O/c1-5-14-13(8-11(4)16-17-14)15(20)9-12-6-7-19(18-12)10(2)3/h6-8,10,15,20H,5,9H2,1-4H3. The van der Waals surface area contributed by atoms with Crippen LogP contribution in [0.5, 0.6) is 0 Å². The average molecular weight is 274 g/mol. The number of hydrogen-bond donors (Lipinski definition) is 1. The summed E-state index contributed by atoms with van der Waals surface area (Å²) < 4.78 is 1.90. The first-order chi connectivity index (χ1) is 9.51. The van der Waals surface area contributed by atoms with E-state index in [4.69, 9.17) is 0 Å². The van der Waals surface area contributed by atoms with Gasteiger partial charge in [0.2, 0.25) is 0 Å². The zero-order chi connectivity index (χ0) is 14.7. The van der Waals surface area contributed by atoms with Crippen molar-refractivity contribution in [1.29, 1.82) is 0 Å². The van der Waals surface area contributed by atoms with Crippen LogP contribution in [0.2, 0.25) is 0 Å². The van der Waals surface area contributed by atoms with E-state index in [2.05, 4.69) is 29.1 Å². The molecule has 108 valence electrons. The summed E-state index contributed by atoms with van der Waals surface area (Å²) in [4.78, 5) is 0. The van der Waals surface area contributed by atoms with Gasteiger partial charge in [-0.1, -0.05) is 6.92 Å². The summed E-state index contributed by atoms with van der Waals surface area (Å²) in [6, 6.07) is 4.20. The van der Waals surface area contributed by atoms with Crippen molar-refractivity contribution in [3.63, 3.8) is 0 Å². The smallest absolute Gasteiger partial charge is 0.0865 e. The minimum atomic E-state index is -0.588. The molecule has 2 aromatic rings. The molecule has 1 atom stereocenters. The van der Waals surface area contributed by atoms with Gasteiger partial charge >= 0.3 is 0 Å². The highest BCUT2D eigenvalue weighted by atomic mass is 16.3. The number of aromatic nitrogens is 4. The first kappa shape index (κ1) is 14.7. The van der Waals surface area contributed by atoms with E-state index in [0.29, 0.717) is 12.5 Å². The lowest BCUT2D eigenvalue weighted by Crippen LogP contribution is -2.10. The van der Waals surface area contributed by atoms with E-state index < -0.39 is 6.10 Å². The zero-order valence-corrected chi connectivity index (χ0v) is 12.5. The second-order valence-electron chi connectivity index (χ2n) is 5.34. The van der Waals surface area contributed by atoms with Crippen molar-refractivity contribution in [3.8, 4) is 0 Å². The molecule has 5 nitrogen and oxygen atoms in total. The van der Waals surface area contributed by atoms with Gasteiger partial charge in [0.15, 0.2) is 0 Å². The van der Waals surface area contributed by atoms with Gasteiger partial charge in [0.1, 0.15) is 0 Å². The van der Waals surface area contributed by atoms with Crippen LogP contribution in [0.3, 0.4) is 0 Å². The van der Waals surface area contributed by atoms with E-state index in [1.807, 2.05) is 36.9 Å². The van der Waals surface area contributed by atoms with Gasteiger partial charge < -0.3 is 5.11 Å².